The minimum Gasteiger partial charge on any atom is -0.399 e. The third-order valence-electron chi connectivity index (χ3n) is 3.63. The average molecular weight is 285 g/mol. The van der Waals surface area contributed by atoms with Gasteiger partial charge in [-0.3, -0.25) is 10.1 Å². The SMILES string of the molecule is CC(c1ccc(N(C)C)cc1)c1ccc(N)cc1[N+](=O)[O-]. The molecule has 2 rings (SSSR count). The normalized spacial score (nSPS) is 12.0. The minimum absolute atomic E-state index is 0.0674. The highest BCUT2D eigenvalue weighted by Gasteiger charge is 2.20. The summed E-state index contributed by atoms with van der Waals surface area (Å²) in [7, 11) is 3.95. The summed E-state index contributed by atoms with van der Waals surface area (Å²) >= 11 is 0. The summed E-state index contributed by atoms with van der Waals surface area (Å²) < 4.78 is 0. The average Bonchev–Trinajstić information content (AvgIpc) is 2.46. The summed E-state index contributed by atoms with van der Waals surface area (Å²) in [6.07, 6.45) is 0. The highest BCUT2D eigenvalue weighted by molar-refractivity contribution is 5.56. The van der Waals surface area contributed by atoms with Gasteiger partial charge < -0.3 is 10.6 Å². The van der Waals surface area contributed by atoms with Crippen LogP contribution in [0, 0.1) is 10.1 Å². The van der Waals surface area contributed by atoms with Crippen molar-refractivity contribution in [2.75, 3.05) is 24.7 Å². The maximum absolute atomic E-state index is 11.2. The van der Waals surface area contributed by atoms with Gasteiger partial charge in [-0.2, -0.15) is 0 Å². The molecule has 0 spiro atoms. The van der Waals surface area contributed by atoms with Crippen molar-refractivity contribution >= 4 is 17.1 Å². The Morgan fingerprint density at radius 2 is 1.76 bits per heavy atom. The van der Waals surface area contributed by atoms with Gasteiger partial charge in [-0.15, -0.1) is 0 Å². The minimum atomic E-state index is -0.379. The van der Waals surface area contributed by atoms with Crippen molar-refractivity contribution in [3.63, 3.8) is 0 Å². The lowest BCUT2D eigenvalue weighted by Gasteiger charge is -2.16. The van der Waals surface area contributed by atoms with Crippen LogP contribution in [0.25, 0.3) is 0 Å². The molecule has 2 aromatic rings. The molecular formula is C16H19N3O2. The van der Waals surface area contributed by atoms with Crippen molar-refractivity contribution in [1.82, 2.24) is 0 Å². The third kappa shape index (κ3) is 3.13. The van der Waals surface area contributed by atoms with Crippen LogP contribution < -0.4 is 10.6 Å². The van der Waals surface area contributed by atoms with Gasteiger partial charge in [0.25, 0.3) is 5.69 Å². The number of anilines is 2. The van der Waals surface area contributed by atoms with Crippen molar-refractivity contribution in [1.29, 1.82) is 0 Å². The predicted octanol–water partition coefficient (Wildman–Crippen LogP) is 3.39. The molecule has 110 valence electrons. The van der Waals surface area contributed by atoms with E-state index in [2.05, 4.69) is 0 Å². The van der Waals surface area contributed by atoms with Crippen molar-refractivity contribution in [2.24, 2.45) is 0 Å². The van der Waals surface area contributed by atoms with Crippen LogP contribution in [0.15, 0.2) is 42.5 Å². The van der Waals surface area contributed by atoms with Crippen molar-refractivity contribution < 1.29 is 4.92 Å². The van der Waals surface area contributed by atoms with E-state index in [1.165, 1.54) is 6.07 Å². The van der Waals surface area contributed by atoms with Crippen molar-refractivity contribution in [3.8, 4) is 0 Å². The fraction of sp³-hybridized carbons (Fsp3) is 0.250. The van der Waals surface area contributed by atoms with E-state index in [4.69, 9.17) is 5.73 Å². The van der Waals surface area contributed by atoms with Crippen molar-refractivity contribution in [2.45, 2.75) is 12.8 Å². The van der Waals surface area contributed by atoms with E-state index < -0.39 is 0 Å². The zero-order valence-corrected chi connectivity index (χ0v) is 12.4. The second kappa shape index (κ2) is 5.83. The van der Waals surface area contributed by atoms with Crippen LogP contribution in [0.5, 0.6) is 0 Å². The molecule has 1 atom stereocenters. The van der Waals surface area contributed by atoms with Gasteiger partial charge in [0, 0.05) is 43.0 Å². The molecule has 0 aliphatic rings. The first kappa shape index (κ1) is 14.8. The van der Waals surface area contributed by atoms with Gasteiger partial charge >= 0.3 is 0 Å². The zero-order chi connectivity index (χ0) is 15.6. The Labute approximate surface area is 124 Å². The monoisotopic (exact) mass is 285 g/mol. The number of nitrogens with zero attached hydrogens (tertiary/aromatic N) is 2. The molecule has 0 fully saturated rings. The lowest BCUT2D eigenvalue weighted by atomic mass is 9.91. The van der Waals surface area contributed by atoms with E-state index in [1.54, 1.807) is 12.1 Å². The van der Waals surface area contributed by atoms with Gasteiger partial charge in [0.1, 0.15) is 0 Å². The first-order valence-electron chi connectivity index (χ1n) is 6.71. The van der Waals surface area contributed by atoms with Crippen LogP contribution in [0.4, 0.5) is 17.1 Å². The largest absolute Gasteiger partial charge is 0.399 e. The maximum atomic E-state index is 11.2. The van der Waals surface area contributed by atoms with E-state index in [1.807, 2.05) is 50.2 Å². The first-order valence-corrected chi connectivity index (χ1v) is 6.71. The van der Waals surface area contributed by atoms with E-state index >= 15 is 0 Å². The Kier molecular flexibility index (Phi) is 4.12. The molecule has 0 aliphatic carbocycles. The summed E-state index contributed by atoms with van der Waals surface area (Å²) in [5, 5.41) is 11.2. The molecule has 0 amide bonds. The fourth-order valence-corrected chi connectivity index (χ4v) is 2.33. The quantitative estimate of drug-likeness (QED) is 0.531. The number of hydrogen-bond acceptors (Lipinski definition) is 4. The number of hydrogen-bond donors (Lipinski definition) is 1. The van der Waals surface area contributed by atoms with Crippen LogP contribution in [-0.4, -0.2) is 19.0 Å². The highest BCUT2D eigenvalue weighted by atomic mass is 16.6. The second-order valence-corrected chi connectivity index (χ2v) is 5.28. The molecule has 0 saturated heterocycles. The third-order valence-corrected chi connectivity index (χ3v) is 3.63. The van der Waals surface area contributed by atoms with Gasteiger partial charge in [0.2, 0.25) is 0 Å². The van der Waals surface area contributed by atoms with Crippen LogP contribution in [0.3, 0.4) is 0 Å². The van der Waals surface area contributed by atoms with Crippen LogP contribution in [-0.2, 0) is 0 Å². The van der Waals surface area contributed by atoms with Crippen LogP contribution in [0.1, 0.15) is 24.0 Å². The van der Waals surface area contributed by atoms with Crippen LogP contribution in [0.2, 0.25) is 0 Å². The standard InChI is InChI=1S/C16H19N3O2/c1-11(12-4-7-14(8-5-12)18(2)3)15-9-6-13(17)10-16(15)19(20)21/h4-11H,17H2,1-3H3. The number of nitrogen functional groups attached to an aromatic ring is 1. The number of nitro groups is 1. The maximum Gasteiger partial charge on any atom is 0.275 e. The fourth-order valence-electron chi connectivity index (χ4n) is 2.33. The number of nitro benzene ring substituents is 1. The number of benzene rings is 2. The summed E-state index contributed by atoms with van der Waals surface area (Å²) in [4.78, 5) is 12.8. The molecular weight excluding hydrogens is 266 g/mol. The van der Waals surface area contributed by atoms with Gasteiger partial charge in [0.05, 0.1) is 4.92 Å². The molecule has 0 bridgehead atoms. The predicted molar refractivity (Wildman–Crippen MR) is 85.8 cm³/mol. The van der Waals surface area contributed by atoms with Crippen molar-refractivity contribution in [3.05, 3.63) is 63.7 Å². The Balaban J connectivity index is 2.40. The zero-order valence-electron chi connectivity index (χ0n) is 12.4. The molecule has 0 saturated carbocycles. The van der Waals surface area contributed by atoms with Gasteiger partial charge in [-0.1, -0.05) is 19.1 Å². The molecule has 0 heterocycles. The van der Waals surface area contributed by atoms with Gasteiger partial charge in [0.15, 0.2) is 0 Å². The molecule has 5 heteroatoms. The van der Waals surface area contributed by atoms with E-state index in [-0.39, 0.29) is 16.5 Å². The van der Waals surface area contributed by atoms with E-state index in [0.29, 0.717) is 11.3 Å². The Bertz CT molecular complexity index is 651. The molecule has 21 heavy (non-hydrogen) atoms. The summed E-state index contributed by atoms with van der Waals surface area (Å²) in [6.45, 7) is 1.96. The smallest absolute Gasteiger partial charge is 0.275 e. The molecule has 2 aromatic carbocycles. The number of rotatable bonds is 4. The molecule has 0 aliphatic heterocycles. The topological polar surface area (TPSA) is 72.4 Å². The molecule has 2 N–H and O–H groups in total. The van der Waals surface area contributed by atoms with Gasteiger partial charge in [-0.05, 0) is 29.8 Å². The van der Waals surface area contributed by atoms with E-state index in [0.717, 1.165) is 11.3 Å². The summed E-state index contributed by atoms with van der Waals surface area (Å²) in [6, 6.07) is 12.9. The lowest BCUT2D eigenvalue weighted by Crippen LogP contribution is -2.08. The lowest BCUT2D eigenvalue weighted by molar-refractivity contribution is -0.385. The van der Waals surface area contributed by atoms with E-state index in [9.17, 15) is 10.1 Å². The second-order valence-electron chi connectivity index (χ2n) is 5.28. The van der Waals surface area contributed by atoms with Gasteiger partial charge in [-0.25, -0.2) is 0 Å². The highest BCUT2D eigenvalue weighted by Crippen LogP contribution is 2.33. The molecule has 1 unspecified atom stereocenters. The Morgan fingerprint density at radius 3 is 2.29 bits per heavy atom. The summed E-state index contributed by atoms with van der Waals surface area (Å²) in [5.41, 5.74) is 8.92. The Morgan fingerprint density at radius 1 is 1.14 bits per heavy atom. The number of nitrogens with two attached hydrogens (primary N) is 1. The molecule has 0 radical (unpaired) electrons. The molecule has 5 nitrogen and oxygen atoms in total. The summed E-state index contributed by atoms with van der Waals surface area (Å²) in [5.74, 6) is -0.0674. The Hall–Kier alpha value is -2.56. The first-order chi connectivity index (χ1) is 9.90. The molecule has 0 aromatic heterocycles. The van der Waals surface area contributed by atoms with Crippen LogP contribution >= 0.6 is 0 Å².